The van der Waals surface area contributed by atoms with E-state index in [0.717, 1.165) is 5.75 Å². The van der Waals surface area contributed by atoms with E-state index in [4.69, 9.17) is 17.3 Å². The molecule has 112 valence electrons. The van der Waals surface area contributed by atoms with E-state index in [1.54, 1.807) is 24.8 Å². The summed E-state index contributed by atoms with van der Waals surface area (Å²) in [6, 6.07) is 3.03. The fourth-order valence-electron chi connectivity index (χ4n) is 2.24. The van der Waals surface area contributed by atoms with Crippen molar-refractivity contribution in [1.29, 1.82) is 0 Å². The molecule has 0 amide bonds. The first kappa shape index (κ1) is 15.9. The molecule has 1 aromatic rings. The van der Waals surface area contributed by atoms with Crippen LogP contribution in [0.25, 0.3) is 0 Å². The zero-order chi connectivity index (χ0) is 15.1. The zero-order valence-corrected chi connectivity index (χ0v) is 14.2. The van der Waals surface area contributed by atoms with Crippen LogP contribution >= 0.6 is 23.4 Å². The van der Waals surface area contributed by atoms with Crippen molar-refractivity contribution in [2.24, 2.45) is 0 Å². The van der Waals surface area contributed by atoms with E-state index in [1.807, 2.05) is 0 Å². The summed E-state index contributed by atoms with van der Waals surface area (Å²) in [6.45, 7) is 6.90. The van der Waals surface area contributed by atoms with E-state index >= 15 is 0 Å². The minimum Gasteiger partial charge on any atom is -0.397 e. The fourth-order valence-corrected chi connectivity index (χ4v) is 5.38. The van der Waals surface area contributed by atoms with Gasteiger partial charge in [0, 0.05) is 23.6 Å². The summed E-state index contributed by atoms with van der Waals surface area (Å²) < 4.78 is 26.9. The molecule has 0 spiro atoms. The van der Waals surface area contributed by atoms with Crippen molar-refractivity contribution < 1.29 is 8.42 Å². The second-order valence-corrected chi connectivity index (χ2v) is 9.71. The largest absolute Gasteiger partial charge is 0.397 e. The summed E-state index contributed by atoms with van der Waals surface area (Å²) in [5.41, 5.74) is 6.76. The van der Waals surface area contributed by atoms with Crippen molar-refractivity contribution >= 4 is 39.1 Å². The molecule has 2 rings (SSSR count). The highest BCUT2D eigenvalue weighted by Crippen LogP contribution is 2.34. The molecule has 0 bridgehead atoms. The second-order valence-electron chi connectivity index (χ2n) is 5.59. The first-order valence-electron chi connectivity index (χ1n) is 6.33. The summed E-state index contributed by atoms with van der Waals surface area (Å²) in [7, 11) is -3.51. The van der Waals surface area contributed by atoms with E-state index in [-0.39, 0.29) is 9.64 Å². The van der Waals surface area contributed by atoms with Crippen LogP contribution in [0, 0.1) is 6.92 Å². The molecule has 0 atom stereocenters. The van der Waals surface area contributed by atoms with Gasteiger partial charge in [-0.1, -0.05) is 11.6 Å². The van der Waals surface area contributed by atoms with Crippen LogP contribution in [0.1, 0.15) is 19.4 Å². The van der Waals surface area contributed by atoms with Crippen molar-refractivity contribution in [2.75, 3.05) is 24.6 Å². The van der Waals surface area contributed by atoms with Gasteiger partial charge >= 0.3 is 0 Å². The lowest BCUT2D eigenvalue weighted by molar-refractivity contribution is 0.387. The van der Waals surface area contributed by atoms with Crippen LogP contribution in [-0.4, -0.2) is 36.3 Å². The third-order valence-corrected chi connectivity index (χ3v) is 6.92. The highest BCUT2D eigenvalue weighted by atomic mass is 35.5. The Bertz CT molecular complexity index is 606. The third kappa shape index (κ3) is 3.08. The Hall–Kier alpha value is -0.430. The number of nitrogens with zero attached hydrogens (tertiary/aromatic N) is 1. The SMILES string of the molecule is Cc1cc(S(=O)(=O)N2CCSC(C)(C)C2)cc(N)c1Cl. The molecule has 1 heterocycles. The van der Waals surface area contributed by atoms with Gasteiger partial charge in [0.15, 0.2) is 0 Å². The third-order valence-electron chi connectivity index (χ3n) is 3.28. The standard InChI is InChI=1S/C13H19ClN2O2S2/c1-9-6-10(7-11(15)12(9)14)20(17,18)16-4-5-19-13(2,3)8-16/h6-7H,4-5,8,15H2,1-3H3. The smallest absolute Gasteiger partial charge is 0.243 e. The van der Waals surface area contributed by atoms with Gasteiger partial charge in [0.1, 0.15) is 0 Å². The lowest BCUT2D eigenvalue weighted by Gasteiger charge is -2.36. The summed E-state index contributed by atoms with van der Waals surface area (Å²) >= 11 is 7.79. The van der Waals surface area contributed by atoms with E-state index in [0.29, 0.717) is 29.4 Å². The molecule has 0 aromatic heterocycles. The van der Waals surface area contributed by atoms with Gasteiger partial charge in [0.25, 0.3) is 0 Å². The molecule has 20 heavy (non-hydrogen) atoms. The van der Waals surface area contributed by atoms with Crippen LogP contribution in [0.3, 0.4) is 0 Å². The molecule has 1 fully saturated rings. The van der Waals surface area contributed by atoms with Crippen LogP contribution in [0.5, 0.6) is 0 Å². The topological polar surface area (TPSA) is 63.4 Å². The second kappa shape index (κ2) is 5.40. The van der Waals surface area contributed by atoms with Gasteiger partial charge in [0.2, 0.25) is 10.0 Å². The number of thioether (sulfide) groups is 1. The number of aryl methyl sites for hydroxylation is 1. The van der Waals surface area contributed by atoms with Gasteiger partial charge in [-0.15, -0.1) is 0 Å². The van der Waals surface area contributed by atoms with Gasteiger partial charge in [-0.3, -0.25) is 0 Å². The van der Waals surface area contributed by atoms with E-state index in [1.165, 1.54) is 10.4 Å². The number of benzene rings is 1. The summed E-state index contributed by atoms with van der Waals surface area (Å²) in [5.74, 6) is 0.800. The Balaban J connectivity index is 2.40. The van der Waals surface area contributed by atoms with Gasteiger partial charge in [-0.05, 0) is 38.5 Å². The maximum absolute atomic E-state index is 12.7. The number of rotatable bonds is 2. The maximum Gasteiger partial charge on any atom is 0.243 e. The van der Waals surface area contributed by atoms with Crippen molar-refractivity contribution in [2.45, 2.75) is 30.4 Å². The Morgan fingerprint density at radius 1 is 1.40 bits per heavy atom. The number of halogens is 1. The Morgan fingerprint density at radius 2 is 2.05 bits per heavy atom. The zero-order valence-electron chi connectivity index (χ0n) is 11.8. The molecule has 0 aliphatic carbocycles. The molecule has 1 aliphatic heterocycles. The lowest BCUT2D eigenvalue weighted by Crippen LogP contribution is -2.46. The fraction of sp³-hybridized carbons (Fsp3) is 0.538. The molecule has 0 unspecified atom stereocenters. The van der Waals surface area contributed by atoms with Crippen molar-refractivity contribution in [3.05, 3.63) is 22.7 Å². The predicted octanol–water partition coefficient (Wildman–Crippen LogP) is 2.75. The van der Waals surface area contributed by atoms with Crippen LogP contribution in [0.4, 0.5) is 5.69 Å². The first-order chi connectivity index (χ1) is 9.13. The van der Waals surface area contributed by atoms with Gasteiger partial charge in [-0.25, -0.2) is 8.42 Å². The molecule has 1 aliphatic rings. The van der Waals surface area contributed by atoms with Crippen molar-refractivity contribution in [3.63, 3.8) is 0 Å². The molecule has 1 saturated heterocycles. The number of hydrogen-bond acceptors (Lipinski definition) is 4. The summed E-state index contributed by atoms with van der Waals surface area (Å²) in [6.07, 6.45) is 0. The highest BCUT2D eigenvalue weighted by Gasteiger charge is 2.34. The molecule has 4 nitrogen and oxygen atoms in total. The van der Waals surface area contributed by atoms with Crippen LogP contribution in [-0.2, 0) is 10.0 Å². The van der Waals surface area contributed by atoms with Crippen LogP contribution in [0.2, 0.25) is 5.02 Å². The Labute approximate surface area is 129 Å². The van der Waals surface area contributed by atoms with Crippen LogP contribution < -0.4 is 5.73 Å². The number of anilines is 1. The van der Waals surface area contributed by atoms with E-state index < -0.39 is 10.0 Å². The quantitative estimate of drug-likeness (QED) is 0.845. The van der Waals surface area contributed by atoms with Crippen molar-refractivity contribution in [1.82, 2.24) is 4.31 Å². The molecule has 2 N–H and O–H groups in total. The number of nitrogen functional groups attached to an aromatic ring is 1. The Kier molecular flexibility index (Phi) is 4.31. The minimum absolute atomic E-state index is 0.0711. The Morgan fingerprint density at radius 3 is 2.60 bits per heavy atom. The van der Waals surface area contributed by atoms with E-state index in [9.17, 15) is 8.42 Å². The average Bonchev–Trinajstić information content (AvgIpc) is 2.34. The normalized spacial score (nSPS) is 20.0. The molecule has 0 saturated carbocycles. The number of hydrogen-bond donors (Lipinski definition) is 1. The first-order valence-corrected chi connectivity index (χ1v) is 9.13. The monoisotopic (exact) mass is 334 g/mol. The average molecular weight is 335 g/mol. The lowest BCUT2D eigenvalue weighted by atomic mass is 10.2. The molecular formula is C13H19ClN2O2S2. The molecular weight excluding hydrogens is 316 g/mol. The molecule has 7 heteroatoms. The number of nitrogens with two attached hydrogens (primary N) is 1. The molecule has 1 aromatic carbocycles. The maximum atomic E-state index is 12.7. The molecule has 0 radical (unpaired) electrons. The van der Waals surface area contributed by atoms with Gasteiger partial charge in [-0.2, -0.15) is 16.1 Å². The predicted molar refractivity (Wildman–Crippen MR) is 85.9 cm³/mol. The van der Waals surface area contributed by atoms with Crippen molar-refractivity contribution in [3.8, 4) is 0 Å². The van der Waals surface area contributed by atoms with Gasteiger partial charge in [0.05, 0.1) is 15.6 Å². The van der Waals surface area contributed by atoms with Crippen LogP contribution in [0.15, 0.2) is 17.0 Å². The van der Waals surface area contributed by atoms with E-state index in [2.05, 4.69) is 13.8 Å². The highest BCUT2D eigenvalue weighted by molar-refractivity contribution is 8.00. The van der Waals surface area contributed by atoms with Gasteiger partial charge < -0.3 is 5.73 Å². The minimum atomic E-state index is -3.51. The number of sulfonamides is 1. The summed E-state index contributed by atoms with van der Waals surface area (Å²) in [4.78, 5) is 0.222. The summed E-state index contributed by atoms with van der Waals surface area (Å²) in [5, 5.41) is 0.415.